The van der Waals surface area contributed by atoms with Gasteiger partial charge in [0.15, 0.2) is 0 Å². The van der Waals surface area contributed by atoms with Crippen LogP contribution in [0.2, 0.25) is 0 Å². The molecule has 120 valence electrons. The van der Waals surface area contributed by atoms with Gasteiger partial charge in [-0.25, -0.2) is 4.79 Å². The Morgan fingerprint density at radius 2 is 1.68 bits per heavy atom. The summed E-state index contributed by atoms with van der Waals surface area (Å²) in [5.41, 5.74) is 2.39. The van der Waals surface area contributed by atoms with Crippen molar-refractivity contribution >= 4 is 11.9 Å². The van der Waals surface area contributed by atoms with Crippen LogP contribution in [0.5, 0.6) is 0 Å². The van der Waals surface area contributed by atoms with E-state index in [-0.39, 0.29) is 17.7 Å². The van der Waals surface area contributed by atoms with Gasteiger partial charge in [0, 0.05) is 6.42 Å². The summed E-state index contributed by atoms with van der Waals surface area (Å²) in [6, 6.07) is 7.59. The minimum atomic E-state index is -0.926. The maximum absolute atomic E-state index is 12.1. The number of carboxylic acids is 1. The quantitative estimate of drug-likeness (QED) is 0.812. The molecule has 4 heteroatoms. The maximum Gasteiger partial charge on any atom is 0.326 e. The number of carbonyl (C=O) groups excluding carboxylic acids is 1. The van der Waals surface area contributed by atoms with E-state index in [1.54, 1.807) is 0 Å². The summed E-state index contributed by atoms with van der Waals surface area (Å²) in [4.78, 5) is 23.2. The number of hydrogen-bond donors (Lipinski definition) is 2. The Morgan fingerprint density at radius 3 is 2.14 bits per heavy atom. The number of carboxylic acid groups (broad SMARTS) is 1. The van der Waals surface area contributed by atoms with Crippen LogP contribution in [0.3, 0.4) is 0 Å². The first-order chi connectivity index (χ1) is 10.4. The number of nitrogens with one attached hydrogen (secondary N) is 1. The molecule has 1 aromatic carbocycles. The fourth-order valence-corrected chi connectivity index (χ4v) is 2.65. The zero-order chi connectivity index (χ0) is 16.3. The van der Waals surface area contributed by atoms with E-state index >= 15 is 0 Å². The molecule has 0 aliphatic heterocycles. The molecular formula is C18H25NO3. The zero-order valence-corrected chi connectivity index (χ0v) is 13.5. The van der Waals surface area contributed by atoms with Crippen LogP contribution in [0.4, 0.5) is 0 Å². The molecule has 1 amide bonds. The van der Waals surface area contributed by atoms with Gasteiger partial charge in [-0.2, -0.15) is 0 Å². The monoisotopic (exact) mass is 303 g/mol. The molecule has 0 bridgehead atoms. The molecule has 0 radical (unpaired) electrons. The van der Waals surface area contributed by atoms with Gasteiger partial charge in [-0.05, 0) is 41.7 Å². The molecule has 22 heavy (non-hydrogen) atoms. The zero-order valence-electron chi connectivity index (χ0n) is 13.5. The second-order valence-corrected chi connectivity index (χ2v) is 6.65. The number of aliphatic carboxylic acids is 1. The van der Waals surface area contributed by atoms with Gasteiger partial charge in [0.2, 0.25) is 5.91 Å². The lowest BCUT2D eigenvalue weighted by molar-refractivity contribution is -0.142. The standard InChI is InChI=1S/C18H25NO3/c1-11(2)13-4-6-14(7-5-13)12(3)10-16(20)19-17(18(21)22)15-8-9-15/h4-7,11-12,15,17H,8-10H2,1-3H3,(H,19,20)(H,21,22). The Morgan fingerprint density at radius 1 is 1.14 bits per heavy atom. The summed E-state index contributed by atoms with van der Waals surface area (Å²) in [6.45, 7) is 6.29. The van der Waals surface area contributed by atoms with Gasteiger partial charge in [0.05, 0.1) is 0 Å². The Balaban J connectivity index is 1.91. The lowest BCUT2D eigenvalue weighted by Gasteiger charge is -2.17. The highest BCUT2D eigenvalue weighted by molar-refractivity contribution is 5.84. The third-order valence-electron chi connectivity index (χ3n) is 4.34. The molecule has 2 atom stereocenters. The summed E-state index contributed by atoms with van der Waals surface area (Å²) in [5, 5.41) is 11.8. The van der Waals surface area contributed by atoms with Gasteiger partial charge in [0.1, 0.15) is 6.04 Å². The van der Waals surface area contributed by atoms with E-state index in [0.29, 0.717) is 12.3 Å². The molecule has 2 rings (SSSR count). The van der Waals surface area contributed by atoms with Crippen molar-refractivity contribution in [2.75, 3.05) is 0 Å². The van der Waals surface area contributed by atoms with Crippen molar-refractivity contribution in [1.29, 1.82) is 0 Å². The number of carbonyl (C=O) groups is 2. The van der Waals surface area contributed by atoms with E-state index < -0.39 is 12.0 Å². The molecule has 1 fully saturated rings. The summed E-state index contributed by atoms with van der Waals surface area (Å²) >= 11 is 0. The molecule has 0 heterocycles. The minimum absolute atomic E-state index is 0.0786. The van der Waals surface area contributed by atoms with E-state index in [0.717, 1.165) is 18.4 Å². The predicted octanol–water partition coefficient (Wildman–Crippen LogP) is 3.28. The summed E-state index contributed by atoms with van der Waals surface area (Å²) < 4.78 is 0. The minimum Gasteiger partial charge on any atom is -0.480 e. The number of amides is 1. The summed E-state index contributed by atoms with van der Waals surface area (Å²) in [6.07, 6.45) is 2.10. The van der Waals surface area contributed by atoms with E-state index in [4.69, 9.17) is 5.11 Å². The van der Waals surface area contributed by atoms with E-state index in [2.05, 4.69) is 43.4 Å². The number of benzene rings is 1. The SMILES string of the molecule is CC(C)c1ccc(C(C)CC(=O)NC(C(=O)O)C2CC2)cc1. The van der Waals surface area contributed by atoms with Crippen LogP contribution < -0.4 is 5.32 Å². The Bertz CT molecular complexity index is 532. The highest BCUT2D eigenvalue weighted by atomic mass is 16.4. The van der Waals surface area contributed by atoms with Crippen molar-refractivity contribution < 1.29 is 14.7 Å². The Kier molecular flexibility index (Phi) is 5.22. The van der Waals surface area contributed by atoms with Crippen LogP contribution in [0, 0.1) is 5.92 Å². The van der Waals surface area contributed by atoms with Gasteiger partial charge in [-0.15, -0.1) is 0 Å². The molecule has 2 N–H and O–H groups in total. The molecule has 4 nitrogen and oxygen atoms in total. The molecule has 0 saturated heterocycles. The highest BCUT2D eigenvalue weighted by Gasteiger charge is 2.37. The average Bonchev–Trinajstić information content (AvgIpc) is 3.29. The van der Waals surface area contributed by atoms with Crippen molar-refractivity contribution in [1.82, 2.24) is 5.32 Å². The molecule has 1 aromatic rings. The fourth-order valence-electron chi connectivity index (χ4n) is 2.65. The van der Waals surface area contributed by atoms with Crippen molar-refractivity contribution in [2.24, 2.45) is 5.92 Å². The van der Waals surface area contributed by atoms with Gasteiger partial charge >= 0.3 is 5.97 Å². The smallest absolute Gasteiger partial charge is 0.326 e. The third kappa shape index (κ3) is 4.33. The van der Waals surface area contributed by atoms with Crippen LogP contribution in [0.25, 0.3) is 0 Å². The first kappa shape index (κ1) is 16.5. The molecule has 2 unspecified atom stereocenters. The van der Waals surface area contributed by atoms with Crippen LogP contribution in [0.1, 0.15) is 63.0 Å². The predicted molar refractivity (Wildman–Crippen MR) is 85.9 cm³/mol. The first-order valence-corrected chi connectivity index (χ1v) is 8.00. The van der Waals surface area contributed by atoms with E-state index in [1.807, 2.05) is 6.92 Å². The van der Waals surface area contributed by atoms with E-state index in [9.17, 15) is 9.59 Å². The molecule has 1 aliphatic rings. The van der Waals surface area contributed by atoms with Gasteiger partial charge in [-0.3, -0.25) is 4.79 Å². The molecule has 1 saturated carbocycles. The number of rotatable bonds is 7. The van der Waals surface area contributed by atoms with E-state index in [1.165, 1.54) is 5.56 Å². The largest absolute Gasteiger partial charge is 0.480 e. The Labute approximate surface area is 131 Å². The second kappa shape index (κ2) is 6.95. The van der Waals surface area contributed by atoms with Crippen molar-refractivity contribution in [3.63, 3.8) is 0 Å². The lowest BCUT2D eigenvalue weighted by Crippen LogP contribution is -2.42. The van der Waals surface area contributed by atoms with Gasteiger partial charge < -0.3 is 10.4 Å². The molecular weight excluding hydrogens is 278 g/mol. The summed E-state index contributed by atoms with van der Waals surface area (Å²) in [5.74, 6) is -0.427. The lowest BCUT2D eigenvalue weighted by atomic mass is 9.94. The molecule has 0 aromatic heterocycles. The van der Waals surface area contributed by atoms with Gasteiger partial charge in [0.25, 0.3) is 0 Å². The van der Waals surface area contributed by atoms with Crippen molar-refractivity contribution in [3.05, 3.63) is 35.4 Å². The van der Waals surface area contributed by atoms with Crippen LogP contribution >= 0.6 is 0 Å². The second-order valence-electron chi connectivity index (χ2n) is 6.65. The van der Waals surface area contributed by atoms with Crippen LogP contribution in [-0.2, 0) is 9.59 Å². The maximum atomic E-state index is 12.1. The normalized spacial score (nSPS) is 17.1. The molecule has 0 spiro atoms. The van der Waals surface area contributed by atoms with Crippen LogP contribution in [-0.4, -0.2) is 23.0 Å². The first-order valence-electron chi connectivity index (χ1n) is 8.00. The average molecular weight is 303 g/mol. The highest BCUT2D eigenvalue weighted by Crippen LogP contribution is 2.33. The van der Waals surface area contributed by atoms with Crippen LogP contribution in [0.15, 0.2) is 24.3 Å². The fraction of sp³-hybridized carbons (Fsp3) is 0.556. The summed E-state index contributed by atoms with van der Waals surface area (Å²) in [7, 11) is 0. The molecule has 1 aliphatic carbocycles. The third-order valence-corrected chi connectivity index (χ3v) is 4.34. The van der Waals surface area contributed by atoms with Crippen molar-refractivity contribution in [3.8, 4) is 0 Å². The van der Waals surface area contributed by atoms with Gasteiger partial charge in [-0.1, -0.05) is 45.0 Å². The Hall–Kier alpha value is -1.84. The van der Waals surface area contributed by atoms with Crippen molar-refractivity contribution in [2.45, 2.75) is 57.9 Å². The topological polar surface area (TPSA) is 66.4 Å². The number of hydrogen-bond acceptors (Lipinski definition) is 2.